The summed E-state index contributed by atoms with van der Waals surface area (Å²) < 4.78 is 0. The number of halogens is 2. The molecule has 0 aliphatic heterocycles. The average molecular weight is 310 g/mol. The lowest BCUT2D eigenvalue weighted by Gasteiger charge is -2.12. The predicted octanol–water partition coefficient (Wildman–Crippen LogP) is 5.39. The van der Waals surface area contributed by atoms with Crippen molar-refractivity contribution in [1.82, 2.24) is 0 Å². The van der Waals surface area contributed by atoms with Crippen molar-refractivity contribution in [1.29, 1.82) is 0 Å². The lowest BCUT2D eigenvalue weighted by molar-refractivity contribution is 1.11. The predicted molar refractivity (Wildman–Crippen MR) is 78.0 cm³/mol. The molecule has 0 amide bonds. The van der Waals surface area contributed by atoms with E-state index in [1.165, 1.54) is 11.1 Å². The van der Waals surface area contributed by atoms with Crippen LogP contribution in [-0.4, -0.2) is 0 Å². The molecular weight excluding hydrogens is 296 g/mol. The van der Waals surface area contributed by atoms with Gasteiger partial charge < -0.3 is 0 Å². The zero-order valence-electron chi connectivity index (χ0n) is 9.66. The fraction of sp³-hybridized carbons (Fsp3) is 0.200. The van der Waals surface area contributed by atoms with Crippen LogP contribution in [-0.2, 0) is 6.42 Å². The summed E-state index contributed by atoms with van der Waals surface area (Å²) in [6, 6.07) is 16.6. The number of benzene rings is 2. The zero-order valence-corrected chi connectivity index (χ0v) is 12.0. The van der Waals surface area contributed by atoms with Crippen LogP contribution in [0.4, 0.5) is 0 Å². The first-order valence-electron chi connectivity index (χ1n) is 5.69. The fourth-order valence-electron chi connectivity index (χ4n) is 1.78. The third-order valence-electron chi connectivity index (χ3n) is 2.86. The van der Waals surface area contributed by atoms with Crippen LogP contribution >= 0.6 is 27.5 Å². The first-order chi connectivity index (χ1) is 8.22. The van der Waals surface area contributed by atoms with E-state index >= 15 is 0 Å². The highest BCUT2D eigenvalue weighted by Crippen LogP contribution is 2.34. The molecule has 0 aliphatic rings. The van der Waals surface area contributed by atoms with Crippen molar-refractivity contribution in [3.8, 4) is 0 Å². The molecule has 2 rings (SSSR count). The van der Waals surface area contributed by atoms with E-state index in [2.05, 4.69) is 53.2 Å². The number of hydrogen-bond donors (Lipinski definition) is 0. The van der Waals surface area contributed by atoms with Gasteiger partial charge in [0.05, 0.1) is 4.83 Å². The summed E-state index contributed by atoms with van der Waals surface area (Å²) in [5.74, 6) is 0. The molecule has 1 unspecified atom stereocenters. The molecule has 0 saturated heterocycles. The molecule has 2 heteroatoms. The summed E-state index contributed by atoms with van der Waals surface area (Å²) in [5, 5.41) is 0.800. The SMILES string of the molecule is CCc1ccc(C(Br)c2ccccc2Cl)cc1. The van der Waals surface area contributed by atoms with Crippen molar-refractivity contribution in [2.24, 2.45) is 0 Å². The minimum atomic E-state index is 0.155. The summed E-state index contributed by atoms with van der Waals surface area (Å²) in [6.07, 6.45) is 1.07. The second kappa shape index (κ2) is 5.70. The van der Waals surface area contributed by atoms with Crippen molar-refractivity contribution >= 4 is 27.5 Å². The van der Waals surface area contributed by atoms with Crippen LogP contribution in [0.3, 0.4) is 0 Å². The monoisotopic (exact) mass is 308 g/mol. The van der Waals surface area contributed by atoms with Gasteiger partial charge in [-0.3, -0.25) is 0 Å². The Balaban J connectivity index is 2.30. The summed E-state index contributed by atoms with van der Waals surface area (Å²) in [5.41, 5.74) is 3.70. The van der Waals surface area contributed by atoms with E-state index in [9.17, 15) is 0 Å². The van der Waals surface area contributed by atoms with Crippen LogP contribution in [0.5, 0.6) is 0 Å². The van der Waals surface area contributed by atoms with E-state index in [0.29, 0.717) is 0 Å². The Morgan fingerprint density at radius 3 is 2.29 bits per heavy atom. The second-order valence-corrected chi connectivity index (χ2v) is 5.30. The fourth-order valence-corrected chi connectivity index (χ4v) is 2.86. The van der Waals surface area contributed by atoms with Gasteiger partial charge in [0, 0.05) is 5.02 Å². The van der Waals surface area contributed by atoms with Crippen LogP contribution in [0, 0.1) is 0 Å². The van der Waals surface area contributed by atoms with Crippen LogP contribution < -0.4 is 0 Å². The third-order valence-corrected chi connectivity index (χ3v) is 4.23. The standard InChI is InChI=1S/C15H14BrCl/c1-2-11-7-9-12(10-8-11)15(16)13-5-3-4-6-14(13)17/h3-10,15H,2H2,1H3. The van der Waals surface area contributed by atoms with Crippen molar-refractivity contribution in [2.45, 2.75) is 18.2 Å². The van der Waals surface area contributed by atoms with Gasteiger partial charge in [-0.25, -0.2) is 0 Å². The molecular formula is C15H14BrCl. The molecule has 88 valence electrons. The summed E-state index contributed by atoms with van der Waals surface area (Å²) in [7, 11) is 0. The Morgan fingerprint density at radius 1 is 1.06 bits per heavy atom. The Bertz CT molecular complexity index is 491. The van der Waals surface area contributed by atoms with Gasteiger partial charge in [0.25, 0.3) is 0 Å². The van der Waals surface area contributed by atoms with E-state index in [1.54, 1.807) is 0 Å². The number of rotatable bonds is 3. The van der Waals surface area contributed by atoms with Crippen molar-refractivity contribution in [3.05, 3.63) is 70.2 Å². The highest BCUT2D eigenvalue weighted by Gasteiger charge is 2.12. The molecule has 0 radical (unpaired) electrons. The molecule has 0 bridgehead atoms. The molecule has 0 fully saturated rings. The molecule has 0 N–H and O–H groups in total. The smallest absolute Gasteiger partial charge is 0.0659 e. The molecule has 0 aromatic heterocycles. The van der Waals surface area contributed by atoms with E-state index in [1.807, 2.05) is 18.2 Å². The maximum absolute atomic E-state index is 6.20. The maximum Gasteiger partial charge on any atom is 0.0659 e. The second-order valence-electron chi connectivity index (χ2n) is 3.98. The van der Waals surface area contributed by atoms with Gasteiger partial charge in [-0.2, -0.15) is 0 Å². The third kappa shape index (κ3) is 2.91. The number of alkyl halides is 1. The van der Waals surface area contributed by atoms with Gasteiger partial charge in [0.2, 0.25) is 0 Å². The first kappa shape index (κ1) is 12.7. The van der Waals surface area contributed by atoms with Crippen molar-refractivity contribution in [3.63, 3.8) is 0 Å². The Morgan fingerprint density at radius 2 is 1.71 bits per heavy atom. The van der Waals surface area contributed by atoms with Gasteiger partial charge in [-0.05, 0) is 29.2 Å². The lowest BCUT2D eigenvalue weighted by atomic mass is 10.0. The molecule has 1 atom stereocenters. The molecule has 2 aromatic carbocycles. The van der Waals surface area contributed by atoms with Crippen LogP contribution in [0.25, 0.3) is 0 Å². The quantitative estimate of drug-likeness (QED) is 0.667. The molecule has 2 aromatic rings. The van der Waals surface area contributed by atoms with E-state index in [4.69, 9.17) is 11.6 Å². The summed E-state index contributed by atoms with van der Waals surface area (Å²) in [4.78, 5) is 0.155. The van der Waals surface area contributed by atoms with Gasteiger partial charge >= 0.3 is 0 Å². The van der Waals surface area contributed by atoms with Gasteiger partial charge in [-0.1, -0.05) is 76.9 Å². The van der Waals surface area contributed by atoms with Crippen LogP contribution in [0.1, 0.15) is 28.4 Å². The van der Waals surface area contributed by atoms with Crippen LogP contribution in [0.15, 0.2) is 48.5 Å². The average Bonchev–Trinajstić information content (AvgIpc) is 2.39. The maximum atomic E-state index is 6.20. The molecule has 0 saturated carbocycles. The molecule has 0 spiro atoms. The molecule has 0 heterocycles. The Labute approximate surface area is 116 Å². The Kier molecular flexibility index (Phi) is 4.25. The van der Waals surface area contributed by atoms with Crippen molar-refractivity contribution in [2.75, 3.05) is 0 Å². The molecule has 0 aliphatic carbocycles. The normalized spacial score (nSPS) is 12.4. The lowest BCUT2D eigenvalue weighted by Crippen LogP contribution is -1.94. The first-order valence-corrected chi connectivity index (χ1v) is 6.99. The molecule has 17 heavy (non-hydrogen) atoms. The Hall–Kier alpha value is -0.790. The zero-order chi connectivity index (χ0) is 12.3. The summed E-state index contributed by atoms with van der Waals surface area (Å²) >= 11 is 9.90. The largest absolute Gasteiger partial charge is 0.0840 e. The highest BCUT2D eigenvalue weighted by atomic mass is 79.9. The van der Waals surface area contributed by atoms with Crippen molar-refractivity contribution < 1.29 is 0 Å². The van der Waals surface area contributed by atoms with Gasteiger partial charge in [-0.15, -0.1) is 0 Å². The van der Waals surface area contributed by atoms with E-state index < -0.39 is 0 Å². The van der Waals surface area contributed by atoms with Crippen LogP contribution in [0.2, 0.25) is 5.02 Å². The highest BCUT2D eigenvalue weighted by molar-refractivity contribution is 9.09. The number of aryl methyl sites for hydroxylation is 1. The minimum absolute atomic E-state index is 0.155. The van der Waals surface area contributed by atoms with E-state index in [-0.39, 0.29) is 4.83 Å². The minimum Gasteiger partial charge on any atom is -0.0840 e. The van der Waals surface area contributed by atoms with Gasteiger partial charge in [0.15, 0.2) is 0 Å². The topological polar surface area (TPSA) is 0 Å². The summed E-state index contributed by atoms with van der Waals surface area (Å²) in [6.45, 7) is 2.16. The van der Waals surface area contributed by atoms with Gasteiger partial charge in [0.1, 0.15) is 0 Å². The van der Waals surface area contributed by atoms with E-state index in [0.717, 1.165) is 17.0 Å². The number of hydrogen-bond acceptors (Lipinski definition) is 0. The molecule has 0 nitrogen and oxygen atoms in total.